The Labute approximate surface area is 292 Å². The standard InChI is InChI=1S/C35H51NO14/c1-11-36-14-32(15-42-7)22(46-16(2)37)12-23(43-8)34-21-13-33(49-19(5)40)29(47-17(3)38)24(21)35(50-20(6)41,31(30(33)45-10)48-18(4)39)25(28(34)36)26(44-9)27(32)34/h21-31H,11-15H2,1-10H3/t21-,22?,23?,24-,25?,26?,27-,28-,29?,30+,31?,32?,33-,34?,35-/m1/s1. The molecule has 0 aromatic heterocycles. The van der Waals surface area contributed by atoms with Crippen LogP contribution in [0.1, 0.15) is 54.4 Å². The van der Waals surface area contributed by atoms with E-state index >= 15 is 0 Å². The molecule has 1 heterocycles. The first-order valence-corrected chi connectivity index (χ1v) is 17.3. The summed E-state index contributed by atoms with van der Waals surface area (Å²) in [4.78, 5) is 67.8. The lowest BCUT2D eigenvalue weighted by Gasteiger charge is -2.70. The lowest BCUT2D eigenvalue weighted by atomic mass is 9.42. The fourth-order valence-corrected chi connectivity index (χ4v) is 12.8. The smallest absolute Gasteiger partial charge is 0.303 e. The van der Waals surface area contributed by atoms with Crippen LogP contribution < -0.4 is 0 Å². The molecular weight excluding hydrogens is 658 g/mol. The minimum atomic E-state index is -1.72. The van der Waals surface area contributed by atoms with E-state index in [0.29, 0.717) is 19.5 Å². The Bertz CT molecular complexity index is 1420. The van der Waals surface area contributed by atoms with Crippen molar-refractivity contribution in [3.63, 3.8) is 0 Å². The third kappa shape index (κ3) is 4.55. The zero-order chi connectivity index (χ0) is 36.7. The summed E-state index contributed by atoms with van der Waals surface area (Å²) >= 11 is 0. The molecule has 0 radical (unpaired) electrons. The minimum absolute atomic E-state index is 0.0866. The Balaban J connectivity index is 1.78. The molecule has 0 amide bonds. The molecule has 0 aromatic rings. The quantitative estimate of drug-likeness (QED) is 0.220. The number of piperidine rings is 1. The molecule has 280 valence electrons. The highest BCUT2D eigenvalue weighted by Crippen LogP contribution is 2.81. The highest BCUT2D eigenvalue weighted by molar-refractivity contribution is 5.71. The monoisotopic (exact) mass is 709 g/mol. The molecule has 1 saturated heterocycles. The maximum atomic E-state index is 13.5. The summed E-state index contributed by atoms with van der Waals surface area (Å²) in [6, 6.07) is -0.420. The highest BCUT2D eigenvalue weighted by Gasteiger charge is 2.93. The number of likely N-dealkylation sites (tertiary alicyclic amines) is 1. The summed E-state index contributed by atoms with van der Waals surface area (Å²) in [7, 11) is 6.21. The third-order valence-electron chi connectivity index (χ3n) is 13.1. The normalized spacial score (nSPS) is 46.5. The summed E-state index contributed by atoms with van der Waals surface area (Å²) < 4.78 is 56.8. The zero-order valence-electron chi connectivity index (χ0n) is 30.5. The fraction of sp³-hybridized carbons (Fsp3) is 0.857. The van der Waals surface area contributed by atoms with E-state index in [4.69, 9.17) is 42.6 Å². The van der Waals surface area contributed by atoms with Crippen LogP contribution in [0.4, 0.5) is 0 Å². The average Bonchev–Trinajstić information content (AvgIpc) is 3.40. The van der Waals surface area contributed by atoms with E-state index in [1.165, 1.54) is 41.7 Å². The summed E-state index contributed by atoms with van der Waals surface area (Å²) in [5.74, 6) is -5.72. The first-order valence-electron chi connectivity index (χ1n) is 17.3. The van der Waals surface area contributed by atoms with E-state index in [0.717, 1.165) is 0 Å². The second-order valence-corrected chi connectivity index (χ2v) is 15.0. The molecule has 15 heteroatoms. The van der Waals surface area contributed by atoms with E-state index in [1.807, 2.05) is 6.92 Å². The van der Waals surface area contributed by atoms with Crippen molar-refractivity contribution in [3.05, 3.63) is 0 Å². The van der Waals surface area contributed by atoms with Crippen molar-refractivity contribution in [3.8, 4) is 0 Å². The van der Waals surface area contributed by atoms with Gasteiger partial charge in [0.1, 0.15) is 12.2 Å². The Morgan fingerprint density at radius 1 is 0.700 bits per heavy atom. The predicted molar refractivity (Wildman–Crippen MR) is 169 cm³/mol. The molecule has 8 unspecified atom stereocenters. The van der Waals surface area contributed by atoms with Crippen molar-refractivity contribution >= 4 is 29.8 Å². The second-order valence-electron chi connectivity index (χ2n) is 15.0. The van der Waals surface area contributed by atoms with Gasteiger partial charge in [-0.05, 0) is 18.9 Å². The van der Waals surface area contributed by atoms with Gasteiger partial charge in [0.05, 0.1) is 18.8 Å². The van der Waals surface area contributed by atoms with Gasteiger partial charge in [-0.25, -0.2) is 0 Å². The van der Waals surface area contributed by atoms with Gasteiger partial charge < -0.3 is 42.6 Å². The number of carbonyl (C=O) groups is 5. The lowest BCUT2D eigenvalue weighted by molar-refractivity contribution is -0.326. The van der Waals surface area contributed by atoms with Gasteiger partial charge in [0, 0.05) is 111 Å². The molecule has 6 rings (SSSR count). The highest BCUT2D eigenvalue weighted by atomic mass is 16.7. The van der Waals surface area contributed by atoms with Crippen LogP contribution in [0.15, 0.2) is 0 Å². The minimum Gasteiger partial charge on any atom is -0.462 e. The summed E-state index contributed by atoms with van der Waals surface area (Å²) in [6.45, 7) is 9.62. The number of esters is 5. The molecule has 1 spiro atoms. The summed E-state index contributed by atoms with van der Waals surface area (Å²) in [5.41, 5.74) is -5.09. The Morgan fingerprint density at radius 3 is 1.82 bits per heavy atom. The van der Waals surface area contributed by atoms with Crippen LogP contribution in [0.2, 0.25) is 0 Å². The average molecular weight is 710 g/mol. The number of hydrogen-bond acceptors (Lipinski definition) is 15. The number of fused-ring (bicyclic) bond motifs is 2. The van der Waals surface area contributed by atoms with Crippen LogP contribution in [0.25, 0.3) is 0 Å². The Morgan fingerprint density at radius 2 is 1.32 bits per heavy atom. The second kappa shape index (κ2) is 12.7. The van der Waals surface area contributed by atoms with E-state index in [1.54, 1.807) is 21.3 Å². The number of hydrogen-bond donors (Lipinski definition) is 0. The molecule has 1 aliphatic heterocycles. The van der Waals surface area contributed by atoms with Gasteiger partial charge in [0.2, 0.25) is 0 Å². The number of ether oxygens (including phenoxy) is 9. The van der Waals surface area contributed by atoms with Crippen molar-refractivity contribution in [2.45, 2.75) is 108 Å². The van der Waals surface area contributed by atoms with Crippen LogP contribution in [0.3, 0.4) is 0 Å². The SMILES string of the molecule is CCN1CC2(COC)C(OC(C)=O)CC(OC)C34[C@@H]5C[C@@]6(OC(C)=O)C(OC(C)=O)[C@@H]5[C@@](OC(C)=O)(C(C(OC)[C@H]23)[C@@H]14)C(OC(C)=O)[C@@H]6OC. The van der Waals surface area contributed by atoms with Gasteiger partial charge in [-0.15, -0.1) is 0 Å². The van der Waals surface area contributed by atoms with Crippen molar-refractivity contribution in [1.82, 2.24) is 4.90 Å². The molecule has 0 aromatic carbocycles. The molecule has 5 aliphatic carbocycles. The number of nitrogens with zero attached hydrogens (tertiary/aromatic N) is 1. The van der Waals surface area contributed by atoms with Crippen LogP contribution in [-0.4, -0.2) is 137 Å². The van der Waals surface area contributed by atoms with E-state index in [-0.39, 0.29) is 13.0 Å². The predicted octanol–water partition coefficient (Wildman–Crippen LogP) is 1.07. The number of carbonyl (C=O) groups excluding carboxylic acids is 5. The van der Waals surface area contributed by atoms with Crippen molar-refractivity contribution in [1.29, 1.82) is 0 Å². The van der Waals surface area contributed by atoms with Gasteiger partial charge in [-0.2, -0.15) is 0 Å². The van der Waals surface area contributed by atoms with Crippen LogP contribution in [0, 0.1) is 34.5 Å². The third-order valence-corrected chi connectivity index (χ3v) is 13.1. The van der Waals surface area contributed by atoms with Gasteiger partial charge in [-0.1, -0.05) is 6.92 Å². The van der Waals surface area contributed by atoms with Crippen molar-refractivity contribution in [2.24, 2.45) is 34.5 Å². The van der Waals surface area contributed by atoms with Crippen LogP contribution >= 0.6 is 0 Å². The number of rotatable bonds is 11. The van der Waals surface area contributed by atoms with E-state index in [9.17, 15) is 24.0 Å². The van der Waals surface area contributed by atoms with E-state index < -0.39 is 118 Å². The van der Waals surface area contributed by atoms with Gasteiger partial charge in [0.25, 0.3) is 0 Å². The molecule has 5 saturated carbocycles. The molecule has 6 fully saturated rings. The van der Waals surface area contributed by atoms with Crippen LogP contribution in [0.5, 0.6) is 0 Å². The molecule has 0 N–H and O–H groups in total. The summed E-state index contributed by atoms with van der Waals surface area (Å²) in [5, 5.41) is 0. The maximum absolute atomic E-state index is 13.5. The number of methoxy groups -OCH3 is 4. The lowest BCUT2D eigenvalue weighted by Crippen LogP contribution is -2.82. The van der Waals surface area contributed by atoms with Crippen molar-refractivity contribution in [2.75, 3.05) is 48.1 Å². The first-order chi connectivity index (χ1) is 23.6. The Hall–Kier alpha value is -2.85. The molecule has 50 heavy (non-hydrogen) atoms. The molecular formula is C35H51NO14. The molecule has 7 bridgehead atoms. The summed E-state index contributed by atoms with van der Waals surface area (Å²) in [6.07, 6.45) is -5.26. The molecule has 6 aliphatic rings. The molecule has 15 nitrogen and oxygen atoms in total. The first kappa shape index (κ1) is 36.9. The van der Waals surface area contributed by atoms with Crippen LogP contribution in [-0.2, 0) is 66.6 Å². The van der Waals surface area contributed by atoms with Gasteiger partial charge >= 0.3 is 29.8 Å². The topological polar surface area (TPSA) is 172 Å². The molecule has 15 atom stereocenters. The van der Waals surface area contributed by atoms with Crippen molar-refractivity contribution < 1.29 is 66.6 Å². The maximum Gasteiger partial charge on any atom is 0.303 e. The van der Waals surface area contributed by atoms with Gasteiger partial charge in [-0.3, -0.25) is 28.9 Å². The fourth-order valence-electron chi connectivity index (χ4n) is 12.8. The largest absolute Gasteiger partial charge is 0.462 e. The zero-order valence-corrected chi connectivity index (χ0v) is 30.5. The van der Waals surface area contributed by atoms with E-state index in [2.05, 4.69) is 4.90 Å². The Kier molecular flexibility index (Phi) is 9.36. The van der Waals surface area contributed by atoms with Gasteiger partial charge in [0.15, 0.2) is 23.4 Å².